The minimum atomic E-state index is -0.240. The van der Waals surface area contributed by atoms with Crippen LogP contribution in [0.15, 0.2) is 42.5 Å². The van der Waals surface area contributed by atoms with Crippen LogP contribution in [0.3, 0.4) is 0 Å². The molecule has 0 radical (unpaired) electrons. The van der Waals surface area contributed by atoms with E-state index in [9.17, 15) is 4.79 Å². The van der Waals surface area contributed by atoms with Gasteiger partial charge in [0.15, 0.2) is 6.61 Å². The van der Waals surface area contributed by atoms with E-state index < -0.39 is 0 Å². The summed E-state index contributed by atoms with van der Waals surface area (Å²) in [6.07, 6.45) is 0. The summed E-state index contributed by atoms with van der Waals surface area (Å²) in [4.78, 5) is 11.7. The lowest BCUT2D eigenvalue weighted by Gasteiger charge is -2.10. The number of rotatable bonds is 7. The van der Waals surface area contributed by atoms with Crippen LogP contribution in [0.5, 0.6) is 11.5 Å². The number of hydrogen-bond donors (Lipinski definition) is 1. The fourth-order valence-electron chi connectivity index (χ4n) is 1.78. The van der Waals surface area contributed by atoms with E-state index in [0.29, 0.717) is 34.7 Å². The van der Waals surface area contributed by atoms with E-state index in [0.717, 1.165) is 5.56 Å². The number of benzene rings is 2. The molecule has 4 nitrogen and oxygen atoms in total. The van der Waals surface area contributed by atoms with Gasteiger partial charge in [-0.2, -0.15) is 0 Å². The van der Waals surface area contributed by atoms with Crippen LogP contribution in [-0.4, -0.2) is 25.7 Å². The van der Waals surface area contributed by atoms with Crippen molar-refractivity contribution in [3.05, 3.63) is 58.1 Å². The van der Waals surface area contributed by atoms with Gasteiger partial charge in [-0.15, -0.1) is 0 Å². The van der Waals surface area contributed by atoms with E-state index >= 15 is 0 Å². The maximum Gasteiger partial charge on any atom is 0.258 e. The van der Waals surface area contributed by atoms with Gasteiger partial charge >= 0.3 is 0 Å². The molecule has 0 heterocycles. The van der Waals surface area contributed by atoms with Gasteiger partial charge in [0.25, 0.3) is 5.91 Å². The first-order valence-electron chi connectivity index (χ1n) is 7.09. The van der Waals surface area contributed by atoms with Gasteiger partial charge in [0.1, 0.15) is 18.1 Å². The summed E-state index contributed by atoms with van der Waals surface area (Å²) < 4.78 is 10.9. The van der Waals surface area contributed by atoms with Crippen LogP contribution in [0.1, 0.15) is 5.56 Å². The third-order valence-corrected chi connectivity index (χ3v) is 3.75. The Morgan fingerprint density at radius 2 is 1.87 bits per heavy atom. The zero-order chi connectivity index (χ0) is 16.7. The van der Waals surface area contributed by atoms with Crippen molar-refractivity contribution >= 4 is 29.1 Å². The minimum absolute atomic E-state index is 0.0971. The van der Waals surface area contributed by atoms with E-state index in [1.54, 1.807) is 30.3 Å². The Labute approximate surface area is 145 Å². The molecule has 0 unspecified atom stereocenters. The van der Waals surface area contributed by atoms with Gasteiger partial charge in [0.2, 0.25) is 0 Å². The largest absolute Gasteiger partial charge is 0.492 e. The van der Waals surface area contributed by atoms with Crippen LogP contribution in [0, 0.1) is 6.92 Å². The maximum absolute atomic E-state index is 11.7. The fourth-order valence-corrected chi connectivity index (χ4v) is 2.14. The highest BCUT2D eigenvalue weighted by atomic mass is 35.5. The Bertz CT molecular complexity index is 677. The topological polar surface area (TPSA) is 47.6 Å². The van der Waals surface area contributed by atoms with Crippen LogP contribution >= 0.6 is 23.2 Å². The molecular formula is C17H17Cl2NO3. The second-order valence-corrected chi connectivity index (χ2v) is 5.64. The molecular weight excluding hydrogens is 337 g/mol. The van der Waals surface area contributed by atoms with E-state index in [2.05, 4.69) is 5.32 Å². The summed E-state index contributed by atoms with van der Waals surface area (Å²) >= 11 is 12.0. The molecule has 0 aromatic heterocycles. The van der Waals surface area contributed by atoms with Gasteiger partial charge in [-0.05, 0) is 36.8 Å². The van der Waals surface area contributed by atoms with Gasteiger partial charge in [-0.3, -0.25) is 4.79 Å². The first-order valence-corrected chi connectivity index (χ1v) is 7.85. The molecule has 0 aliphatic heterocycles. The number of carbonyl (C=O) groups is 1. The molecule has 0 fully saturated rings. The molecule has 0 aliphatic rings. The van der Waals surface area contributed by atoms with E-state index in [4.69, 9.17) is 32.7 Å². The molecule has 1 N–H and O–H groups in total. The number of ether oxygens (including phenoxy) is 2. The predicted molar refractivity (Wildman–Crippen MR) is 91.6 cm³/mol. The van der Waals surface area contributed by atoms with Gasteiger partial charge in [-0.25, -0.2) is 0 Å². The van der Waals surface area contributed by atoms with Crippen LogP contribution in [0.4, 0.5) is 0 Å². The Balaban J connectivity index is 1.67. The molecule has 2 rings (SSSR count). The number of aryl methyl sites for hydroxylation is 1. The summed E-state index contributed by atoms with van der Waals surface area (Å²) in [6.45, 7) is 2.54. The smallest absolute Gasteiger partial charge is 0.258 e. The van der Waals surface area contributed by atoms with Crippen molar-refractivity contribution in [2.45, 2.75) is 6.92 Å². The van der Waals surface area contributed by atoms with Crippen LogP contribution < -0.4 is 14.8 Å². The molecule has 1 amide bonds. The van der Waals surface area contributed by atoms with Gasteiger partial charge in [-0.1, -0.05) is 41.4 Å². The van der Waals surface area contributed by atoms with Crippen molar-refractivity contribution in [1.29, 1.82) is 0 Å². The SMILES string of the molecule is Cc1ccc(OCCNC(=O)COc2ccccc2Cl)cc1Cl. The Morgan fingerprint density at radius 1 is 1.09 bits per heavy atom. The van der Waals surface area contributed by atoms with E-state index in [1.807, 2.05) is 19.1 Å². The molecule has 2 aromatic carbocycles. The number of carbonyl (C=O) groups excluding carboxylic acids is 1. The van der Waals surface area contributed by atoms with Crippen molar-refractivity contribution in [2.75, 3.05) is 19.8 Å². The first-order chi connectivity index (χ1) is 11.1. The summed E-state index contributed by atoms with van der Waals surface area (Å²) in [7, 11) is 0. The Morgan fingerprint density at radius 3 is 2.61 bits per heavy atom. The van der Waals surface area contributed by atoms with Gasteiger partial charge < -0.3 is 14.8 Å². The molecule has 0 spiro atoms. The average Bonchev–Trinajstić information content (AvgIpc) is 2.54. The quantitative estimate of drug-likeness (QED) is 0.768. The van der Waals surface area contributed by atoms with Crippen LogP contribution in [0.2, 0.25) is 10.0 Å². The van der Waals surface area contributed by atoms with Crippen LogP contribution in [0.25, 0.3) is 0 Å². The Kier molecular flexibility index (Phi) is 6.56. The maximum atomic E-state index is 11.7. The minimum Gasteiger partial charge on any atom is -0.492 e. The lowest BCUT2D eigenvalue weighted by Crippen LogP contribution is -2.32. The molecule has 0 atom stereocenters. The Hall–Kier alpha value is -1.91. The second-order valence-electron chi connectivity index (χ2n) is 4.83. The standard InChI is InChI=1S/C17H17Cl2NO3/c1-12-6-7-13(10-15(12)19)22-9-8-20-17(21)11-23-16-5-3-2-4-14(16)18/h2-7,10H,8-9,11H2,1H3,(H,20,21). The molecule has 122 valence electrons. The highest BCUT2D eigenvalue weighted by Crippen LogP contribution is 2.23. The number of hydrogen-bond acceptors (Lipinski definition) is 3. The summed E-state index contributed by atoms with van der Waals surface area (Å²) in [5, 5.41) is 3.83. The van der Waals surface area contributed by atoms with Crippen molar-refractivity contribution in [1.82, 2.24) is 5.32 Å². The van der Waals surface area contributed by atoms with Gasteiger partial charge in [0.05, 0.1) is 11.6 Å². The molecule has 0 saturated heterocycles. The van der Waals surface area contributed by atoms with Crippen molar-refractivity contribution in [3.8, 4) is 11.5 Å². The monoisotopic (exact) mass is 353 g/mol. The molecule has 2 aromatic rings. The summed E-state index contributed by atoms with van der Waals surface area (Å²) in [6, 6.07) is 12.5. The molecule has 0 bridgehead atoms. The second kappa shape index (κ2) is 8.65. The summed E-state index contributed by atoms with van der Waals surface area (Å²) in [5.41, 5.74) is 0.990. The number of para-hydroxylation sites is 1. The number of amides is 1. The summed E-state index contributed by atoms with van der Waals surface area (Å²) in [5.74, 6) is 0.910. The third-order valence-electron chi connectivity index (χ3n) is 3.03. The van der Waals surface area contributed by atoms with Crippen molar-refractivity contribution < 1.29 is 14.3 Å². The van der Waals surface area contributed by atoms with E-state index in [1.165, 1.54) is 0 Å². The molecule has 23 heavy (non-hydrogen) atoms. The first kappa shape index (κ1) is 17.4. The molecule has 0 aliphatic carbocycles. The van der Waals surface area contributed by atoms with Gasteiger partial charge in [0, 0.05) is 5.02 Å². The van der Waals surface area contributed by atoms with Crippen LogP contribution in [-0.2, 0) is 4.79 Å². The lowest BCUT2D eigenvalue weighted by atomic mass is 10.2. The number of nitrogens with one attached hydrogen (secondary N) is 1. The highest BCUT2D eigenvalue weighted by molar-refractivity contribution is 6.32. The number of halogens is 2. The van der Waals surface area contributed by atoms with E-state index in [-0.39, 0.29) is 12.5 Å². The zero-order valence-corrected chi connectivity index (χ0v) is 14.2. The van der Waals surface area contributed by atoms with Crippen molar-refractivity contribution in [3.63, 3.8) is 0 Å². The van der Waals surface area contributed by atoms with Crippen molar-refractivity contribution in [2.24, 2.45) is 0 Å². The highest BCUT2D eigenvalue weighted by Gasteiger charge is 2.05. The average molecular weight is 354 g/mol. The fraction of sp³-hybridized carbons (Fsp3) is 0.235. The molecule has 6 heteroatoms. The third kappa shape index (κ3) is 5.66. The zero-order valence-electron chi connectivity index (χ0n) is 12.6. The normalized spacial score (nSPS) is 10.2. The lowest BCUT2D eigenvalue weighted by molar-refractivity contribution is -0.123. The molecule has 0 saturated carbocycles. The predicted octanol–water partition coefficient (Wildman–Crippen LogP) is 3.88.